The van der Waals surface area contributed by atoms with Gasteiger partial charge in [-0.25, -0.2) is 21.9 Å². The Labute approximate surface area is 178 Å². The molecule has 0 saturated carbocycles. The van der Waals surface area contributed by atoms with Gasteiger partial charge >= 0.3 is 0 Å². The molecule has 0 aliphatic carbocycles. The minimum atomic E-state index is -4.01. The zero-order valence-electron chi connectivity index (χ0n) is 16.6. The SMILES string of the molecule is COc1ccc(C(=O)Nc2cc(F)ccc2F)cc1S(=O)(=O)NCCc1ccccc1. The fourth-order valence-electron chi connectivity index (χ4n) is 2.87. The quantitative estimate of drug-likeness (QED) is 0.552. The minimum Gasteiger partial charge on any atom is -0.495 e. The summed E-state index contributed by atoms with van der Waals surface area (Å²) < 4.78 is 60.4. The Morgan fingerprint density at radius 1 is 1.00 bits per heavy atom. The molecule has 9 heteroatoms. The summed E-state index contributed by atoms with van der Waals surface area (Å²) in [7, 11) is -2.70. The van der Waals surface area contributed by atoms with Gasteiger partial charge in [-0.05, 0) is 42.3 Å². The smallest absolute Gasteiger partial charge is 0.255 e. The third-order valence-corrected chi connectivity index (χ3v) is 5.92. The highest BCUT2D eigenvalue weighted by molar-refractivity contribution is 7.89. The summed E-state index contributed by atoms with van der Waals surface area (Å²) in [6.45, 7) is 0.139. The summed E-state index contributed by atoms with van der Waals surface area (Å²) in [5, 5.41) is 2.24. The van der Waals surface area contributed by atoms with Crippen molar-refractivity contribution in [2.24, 2.45) is 0 Å². The predicted octanol–water partition coefficient (Wildman–Crippen LogP) is 3.75. The van der Waals surface area contributed by atoms with E-state index in [1.807, 2.05) is 30.3 Å². The number of carbonyl (C=O) groups is 1. The summed E-state index contributed by atoms with van der Waals surface area (Å²) in [4.78, 5) is 12.3. The fourth-order valence-corrected chi connectivity index (χ4v) is 4.09. The lowest BCUT2D eigenvalue weighted by atomic mass is 10.2. The highest BCUT2D eigenvalue weighted by atomic mass is 32.2. The zero-order chi connectivity index (χ0) is 22.4. The van der Waals surface area contributed by atoms with E-state index >= 15 is 0 Å². The van der Waals surface area contributed by atoms with Crippen LogP contribution >= 0.6 is 0 Å². The van der Waals surface area contributed by atoms with Gasteiger partial charge in [0, 0.05) is 18.2 Å². The van der Waals surface area contributed by atoms with E-state index in [1.165, 1.54) is 19.2 Å². The molecule has 0 atom stereocenters. The van der Waals surface area contributed by atoms with Gasteiger partial charge in [0.15, 0.2) is 0 Å². The highest BCUT2D eigenvalue weighted by Gasteiger charge is 2.22. The first kappa shape index (κ1) is 22.4. The van der Waals surface area contributed by atoms with Crippen LogP contribution in [0.1, 0.15) is 15.9 Å². The Bertz CT molecular complexity index is 1190. The second kappa shape index (κ2) is 9.67. The van der Waals surface area contributed by atoms with E-state index in [1.54, 1.807) is 0 Å². The lowest BCUT2D eigenvalue weighted by molar-refractivity contribution is 0.102. The molecule has 31 heavy (non-hydrogen) atoms. The number of benzene rings is 3. The second-order valence-corrected chi connectivity index (χ2v) is 8.31. The van der Waals surface area contributed by atoms with E-state index in [-0.39, 0.29) is 28.4 Å². The maximum atomic E-state index is 13.8. The van der Waals surface area contributed by atoms with E-state index in [9.17, 15) is 22.0 Å². The summed E-state index contributed by atoms with van der Waals surface area (Å²) in [5.74, 6) is -2.30. The number of rotatable bonds is 8. The Morgan fingerprint density at radius 2 is 1.74 bits per heavy atom. The standard InChI is InChI=1S/C22H20F2N2O4S/c1-30-20-10-7-16(22(27)26-19-14-17(23)8-9-18(19)24)13-21(20)31(28,29)25-12-11-15-5-3-2-4-6-15/h2-10,13-14,25H,11-12H2,1H3,(H,26,27). The van der Waals surface area contributed by atoms with Crippen LogP contribution in [0.3, 0.4) is 0 Å². The summed E-state index contributed by atoms with van der Waals surface area (Å²) in [5.41, 5.74) is 0.543. The molecule has 1 amide bonds. The van der Waals surface area contributed by atoms with Crippen molar-refractivity contribution in [3.05, 3.63) is 89.5 Å². The first-order valence-corrected chi connectivity index (χ1v) is 10.8. The number of anilines is 1. The largest absolute Gasteiger partial charge is 0.495 e. The van der Waals surface area contributed by atoms with Crippen molar-refractivity contribution >= 4 is 21.6 Å². The van der Waals surface area contributed by atoms with E-state index in [0.29, 0.717) is 6.42 Å². The van der Waals surface area contributed by atoms with Crippen LogP contribution in [0.4, 0.5) is 14.5 Å². The Hall–Kier alpha value is -3.30. The molecule has 0 bridgehead atoms. The number of methoxy groups -OCH3 is 1. The number of halogens is 2. The Balaban J connectivity index is 1.80. The van der Waals surface area contributed by atoms with Gasteiger partial charge < -0.3 is 10.1 Å². The molecule has 0 aliphatic rings. The number of amides is 1. The topological polar surface area (TPSA) is 84.5 Å². The van der Waals surface area contributed by atoms with E-state index in [2.05, 4.69) is 10.0 Å². The molecule has 2 N–H and O–H groups in total. The third kappa shape index (κ3) is 5.65. The van der Waals surface area contributed by atoms with Crippen LogP contribution in [0, 0.1) is 11.6 Å². The summed E-state index contributed by atoms with van der Waals surface area (Å²) in [6.07, 6.45) is 0.474. The van der Waals surface area contributed by atoms with Crippen molar-refractivity contribution in [3.8, 4) is 5.75 Å². The van der Waals surface area contributed by atoms with Crippen LogP contribution < -0.4 is 14.8 Å². The van der Waals surface area contributed by atoms with E-state index in [0.717, 1.165) is 29.8 Å². The van der Waals surface area contributed by atoms with Gasteiger partial charge in [-0.2, -0.15) is 0 Å². The zero-order valence-corrected chi connectivity index (χ0v) is 17.4. The third-order valence-electron chi connectivity index (χ3n) is 4.44. The van der Waals surface area contributed by atoms with Crippen molar-refractivity contribution in [1.82, 2.24) is 4.72 Å². The van der Waals surface area contributed by atoms with Gasteiger partial charge in [-0.15, -0.1) is 0 Å². The number of hydrogen-bond donors (Lipinski definition) is 2. The molecule has 0 aliphatic heterocycles. The van der Waals surface area contributed by atoms with Gasteiger partial charge in [0.1, 0.15) is 22.3 Å². The number of hydrogen-bond acceptors (Lipinski definition) is 4. The average molecular weight is 446 g/mol. The lowest BCUT2D eigenvalue weighted by Gasteiger charge is -2.13. The molecule has 0 aromatic heterocycles. The van der Waals surface area contributed by atoms with Crippen molar-refractivity contribution in [2.45, 2.75) is 11.3 Å². The molecule has 6 nitrogen and oxygen atoms in total. The van der Waals surface area contributed by atoms with Gasteiger partial charge in [0.05, 0.1) is 12.8 Å². The van der Waals surface area contributed by atoms with Crippen molar-refractivity contribution in [3.63, 3.8) is 0 Å². The average Bonchev–Trinajstić information content (AvgIpc) is 2.76. The molecule has 0 unspecified atom stereocenters. The molecule has 3 aromatic rings. The Morgan fingerprint density at radius 3 is 2.45 bits per heavy atom. The van der Waals surface area contributed by atoms with Crippen molar-refractivity contribution < 1.29 is 26.7 Å². The van der Waals surface area contributed by atoms with Crippen molar-refractivity contribution in [1.29, 1.82) is 0 Å². The number of ether oxygens (including phenoxy) is 1. The number of nitrogens with one attached hydrogen (secondary N) is 2. The van der Waals surface area contributed by atoms with Crippen LogP contribution in [0.15, 0.2) is 71.6 Å². The van der Waals surface area contributed by atoms with Gasteiger partial charge in [0.25, 0.3) is 5.91 Å². The van der Waals surface area contributed by atoms with E-state index in [4.69, 9.17) is 4.74 Å². The van der Waals surface area contributed by atoms with E-state index < -0.39 is 27.6 Å². The lowest BCUT2D eigenvalue weighted by Crippen LogP contribution is -2.27. The molecule has 0 saturated heterocycles. The Kier molecular flexibility index (Phi) is 6.98. The first-order valence-electron chi connectivity index (χ1n) is 9.28. The second-order valence-electron chi connectivity index (χ2n) is 6.58. The first-order chi connectivity index (χ1) is 14.8. The van der Waals surface area contributed by atoms with Crippen LogP contribution in [0.2, 0.25) is 0 Å². The molecular weight excluding hydrogens is 426 g/mol. The molecule has 0 spiro atoms. The molecule has 3 rings (SSSR count). The molecular formula is C22H20F2N2O4S. The van der Waals surface area contributed by atoms with Crippen LogP contribution in [-0.2, 0) is 16.4 Å². The molecule has 3 aromatic carbocycles. The molecule has 162 valence electrons. The maximum absolute atomic E-state index is 13.8. The highest BCUT2D eigenvalue weighted by Crippen LogP contribution is 2.26. The normalized spacial score (nSPS) is 11.2. The van der Waals surface area contributed by atoms with Crippen LogP contribution in [0.5, 0.6) is 5.75 Å². The van der Waals surface area contributed by atoms with Crippen LogP contribution in [-0.4, -0.2) is 28.0 Å². The number of carbonyl (C=O) groups excluding carboxylic acids is 1. The van der Waals surface area contributed by atoms with Gasteiger partial charge in [-0.1, -0.05) is 30.3 Å². The van der Waals surface area contributed by atoms with Gasteiger partial charge in [-0.3, -0.25) is 4.79 Å². The summed E-state index contributed by atoms with van der Waals surface area (Å²) >= 11 is 0. The fraction of sp³-hybridized carbons (Fsp3) is 0.136. The van der Waals surface area contributed by atoms with Crippen LogP contribution in [0.25, 0.3) is 0 Å². The minimum absolute atomic E-state index is 0.0423. The van der Waals surface area contributed by atoms with Crippen molar-refractivity contribution in [2.75, 3.05) is 19.0 Å². The van der Waals surface area contributed by atoms with Gasteiger partial charge in [0.2, 0.25) is 10.0 Å². The number of sulfonamides is 1. The predicted molar refractivity (Wildman–Crippen MR) is 113 cm³/mol. The summed E-state index contributed by atoms with van der Waals surface area (Å²) in [6, 6.07) is 15.7. The molecule has 0 fully saturated rings. The maximum Gasteiger partial charge on any atom is 0.255 e. The molecule has 0 heterocycles. The monoisotopic (exact) mass is 446 g/mol. The molecule has 0 radical (unpaired) electrons.